The molecule has 2 heterocycles. The van der Waals surface area contributed by atoms with Gasteiger partial charge < -0.3 is 10.6 Å². The van der Waals surface area contributed by atoms with E-state index in [-0.39, 0.29) is 6.04 Å². The maximum Gasteiger partial charge on any atom is 0.0920 e. The van der Waals surface area contributed by atoms with Crippen molar-refractivity contribution < 1.29 is 0 Å². The summed E-state index contributed by atoms with van der Waals surface area (Å²) in [5, 5.41) is 10.1. The van der Waals surface area contributed by atoms with Gasteiger partial charge in [0.15, 0.2) is 0 Å². The third-order valence-electron chi connectivity index (χ3n) is 12.5. The molecule has 2 N–H and O–H groups in total. The van der Waals surface area contributed by atoms with Gasteiger partial charge in [0.2, 0.25) is 0 Å². The molecule has 2 heteroatoms. The number of benzene rings is 7. The molecule has 5 aliphatic rings. The molecule has 0 saturated heterocycles. The first-order valence-corrected chi connectivity index (χ1v) is 19.4. The predicted octanol–water partition coefficient (Wildman–Crippen LogP) is 11.7. The Kier molecular flexibility index (Phi) is 6.41. The highest BCUT2D eigenvalue weighted by Gasteiger charge is 2.53. The first kappa shape index (κ1) is 30.6. The smallest absolute Gasteiger partial charge is 0.0920 e. The van der Waals surface area contributed by atoms with Crippen LogP contribution in [-0.2, 0) is 5.41 Å². The number of allylic oxidation sites excluding steroid dienone is 5. The maximum atomic E-state index is 3.89. The average Bonchev–Trinajstić information content (AvgIpc) is 3.74. The van der Waals surface area contributed by atoms with Crippen molar-refractivity contribution in [1.29, 1.82) is 0 Å². The molecular formula is C53H36N2. The number of hydrogen-bond acceptors (Lipinski definition) is 2. The zero-order valence-electron chi connectivity index (χ0n) is 30.2. The lowest BCUT2D eigenvalue weighted by Crippen LogP contribution is -2.41. The number of dihydropyridines is 2. The van der Waals surface area contributed by atoms with Gasteiger partial charge in [-0.15, -0.1) is 0 Å². The molecule has 0 aromatic heterocycles. The van der Waals surface area contributed by atoms with Crippen molar-refractivity contribution >= 4 is 16.5 Å². The summed E-state index contributed by atoms with van der Waals surface area (Å²) < 4.78 is 0. The Morgan fingerprint density at radius 3 is 2.09 bits per heavy atom. The van der Waals surface area contributed by atoms with Crippen molar-refractivity contribution in [1.82, 2.24) is 10.6 Å². The SMILES string of the molecule is C1=CC2=C(NC1)C1NC(c3cccc(-c4ccc5c(c4)C4(c6ccccc6-c6ccccc64)c4c-5c(-c5ccccc5)cc5ccccc45)c3)=CC=C1C=C2. The molecule has 1 atom stereocenters. The van der Waals surface area contributed by atoms with Gasteiger partial charge in [0, 0.05) is 17.9 Å². The quantitative estimate of drug-likeness (QED) is 0.192. The normalized spacial score (nSPS) is 17.6. The molecule has 0 fully saturated rings. The Balaban J connectivity index is 1.09. The van der Waals surface area contributed by atoms with E-state index in [9.17, 15) is 0 Å². The summed E-state index contributed by atoms with van der Waals surface area (Å²) >= 11 is 0. The summed E-state index contributed by atoms with van der Waals surface area (Å²) in [7, 11) is 0. The minimum Gasteiger partial charge on any atom is -0.382 e. The highest BCUT2D eigenvalue weighted by Crippen LogP contribution is 2.65. The third kappa shape index (κ3) is 4.25. The molecular weight excluding hydrogens is 665 g/mol. The standard InChI is InChI=1S/C53H36N2/c1-2-12-33(13-3-1)44-31-38-14-4-5-18-40(38)50-49(44)43-27-25-37(32-47(43)53(50)45-21-8-6-19-41(45)42-20-7-9-22-46(42)53)36-15-10-16-39(30-36)48-28-26-35-24-23-34-17-11-29-54-51(34)52(35)55-48/h1-28,30-32,52,54-55H,29H2. The predicted molar refractivity (Wildman–Crippen MR) is 227 cm³/mol. The highest BCUT2D eigenvalue weighted by atomic mass is 15.0. The van der Waals surface area contributed by atoms with Crippen molar-refractivity contribution in [2.24, 2.45) is 0 Å². The molecule has 2 nitrogen and oxygen atoms in total. The van der Waals surface area contributed by atoms with E-state index in [1.54, 1.807) is 0 Å². The van der Waals surface area contributed by atoms with Crippen molar-refractivity contribution in [2.45, 2.75) is 11.5 Å². The van der Waals surface area contributed by atoms with Crippen molar-refractivity contribution in [3.05, 3.63) is 233 Å². The van der Waals surface area contributed by atoms with Crippen molar-refractivity contribution in [3.8, 4) is 44.5 Å². The molecule has 1 unspecified atom stereocenters. The lowest BCUT2D eigenvalue weighted by atomic mass is 9.69. The molecule has 55 heavy (non-hydrogen) atoms. The van der Waals surface area contributed by atoms with E-state index in [1.807, 2.05) is 0 Å². The van der Waals surface area contributed by atoms with Gasteiger partial charge in [0.05, 0.1) is 11.5 Å². The molecule has 12 rings (SSSR count). The number of hydrogen-bond donors (Lipinski definition) is 2. The largest absolute Gasteiger partial charge is 0.382 e. The zero-order chi connectivity index (χ0) is 36.1. The van der Waals surface area contributed by atoms with Crippen molar-refractivity contribution in [3.63, 3.8) is 0 Å². The van der Waals surface area contributed by atoms with Gasteiger partial charge in [-0.1, -0.05) is 164 Å². The Hall–Kier alpha value is -6.90. The summed E-state index contributed by atoms with van der Waals surface area (Å²) in [4.78, 5) is 0. The fourth-order valence-corrected chi connectivity index (χ4v) is 10.2. The Morgan fingerprint density at radius 1 is 0.509 bits per heavy atom. The van der Waals surface area contributed by atoms with Gasteiger partial charge in [0.1, 0.15) is 0 Å². The van der Waals surface area contributed by atoms with Crippen LogP contribution in [0.5, 0.6) is 0 Å². The van der Waals surface area contributed by atoms with Crippen LogP contribution in [0, 0.1) is 0 Å². The summed E-state index contributed by atoms with van der Waals surface area (Å²) in [5.41, 5.74) is 21.3. The van der Waals surface area contributed by atoms with Crippen LogP contribution >= 0.6 is 0 Å². The summed E-state index contributed by atoms with van der Waals surface area (Å²) in [6, 6.07) is 57.1. The Labute approximate surface area is 321 Å². The molecule has 0 bridgehead atoms. The van der Waals surface area contributed by atoms with Crippen LogP contribution in [0.25, 0.3) is 61.0 Å². The van der Waals surface area contributed by atoms with Crippen molar-refractivity contribution in [2.75, 3.05) is 6.54 Å². The van der Waals surface area contributed by atoms with E-state index in [0.29, 0.717) is 0 Å². The Morgan fingerprint density at radius 2 is 1.24 bits per heavy atom. The van der Waals surface area contributed by atoms with Gasteiger partial charge >= 0.3 is 0 Å². The van der Waals surface area contributed by atoms with Gasteiger partial charge in [-0.25, -0.2) is 0 Å². The van der Waals surface area contributed by atoms with Crippen LogP contribution in [-0.4, -0.2) is 12.6 Å². The second-order valence-electron chi connectivity index (χ2n) is 15.3. The van der Waals surface area contributed by atoms with Crippen LogP contribution in [0.1, 0.15) is 27.8 Å². The fraction of sp³-hybridized carbons (Fsp3) is 0.0566. The van der Waals surface area contributed by atoms with Crippen LogP contribution in [0.2, 0.25) is 0 Å². The number of rotatable bonds is 3. The molecule has 7 aromatic rings. The highest BCUT2D eigenvalue weighted by molar-refractivity contribution is 6.09. The molecule has 0 radical (unpaired) electrons. The fourth-order valence-electron chi connectivity index (χ4n) is 10.2. The van der Waals surface area contributed by atoms with E-state index in [4.69, 9.17) is 0 Å². The minimum absolute atomic E-state index is 0.114. The monoisotopic (exact) mass is 700 g/mol. The zero-order valence-corrected chi connectivity index (χ0v) is 30.2. The number of fused-ring (bicyclic) bond motifs is 14. The molecule has 258 valence electrons. The van der Waals surface area contributed by atoms with Crippen LogP contribution in [0.3, 0.4) is 0 Å². The Bertz CT molecular complexity index is 2910. The summed E-state index contributed by atoms with van der Waals surface area (Å²) in [6.45, 7) is 0.855. The summed E-state index contributed by atoms with van der Waals surface area (Å²) in [6.07, 6.45) is 13.4. The van der Waals surface area contributed by atoms with E-state index >= 15 is 0 Å². The lowest BCUT2D eigenvalue weighted by Gasteiger charge is -2.33. The van der Waals surface area contributed by atoms with Crippen LogP contribution in [0.15, 0.2) is 205 Å². The molecule has 0 amide bonds. The van der Waals surface area contributed by atoms with E-state index < -0.39 is 5.41 Å². The second kappa shape index (κ2) is 11.5. The first-order valence-electron chi connectivity index (χ1n) is 19.4. The van der Waals surface area contributed by atoms with Crippen LogP contribution < -0.4 is 10.6 Å². The molecule has 7 aromatic carbocycles. The molecule has 0 saturated carbocycles. The first-order chi connectivity index (χ1) is 27.3. The van der Waals surface area contributed by atoms with E-state index in [1.165, 1.54) is 99.9 Å². The maximum absolute atomic E-state index is 3.89. The van der Waals surface area contributed by atoms with Gasteiger partial charge in [-0.2, -0.15) is 0 Å². The average molecular weight is 701 g/mol. The van der Waals surface area contributed by atoms with Gasteiger partial charge in [-0.05, 0) is 119 Å². The van der Waals surface area contributed by atoms with Gasteiger partial charge in [-0.3, -0.25) is 0 Å². The van der Waals surface area contributed by atoms with Gasteiger partial charge in [0.25, 0.3) is 0 Å². The van der Waals surface area contributed by atoms with Crippen LogP contribution in [0.4, 0.5) is 0 Å². The lowest BCUT2D eigenvalue weighted by molar-refractivity contribution is 0.683. The van der Waals surface area contributed by atoms with E-state index in [0.717, 1.165) is 12.2 Å². The summed E-state index contributed by atoms with van der Waals surface area (Å²) in [5.74, 6) is 0. The topological polar surface area (TPSA) is 24.1 Å². The molecule has 2 aliphatic heterocycles. The minimum atomic E-state index is -0.480. The molecule has 3 aliphatic carbocycles. The molecule has 1 spiro atoms. The number of nitrogens with one attached hydrogen (secondary N) is 2. The van der Waals surface area contributed by atoms with E-state index in [2.05, 4.69) is 199 Å². The second-order valence-corrected chi connectivity index (χ2v) is 15.3. The third-order valence-corrected chi connectivity index (χ3v) is 12.5.